The second-order valence-electron chi connectivity index (χ2n) is 7.85. The molecule has 0 saturated heterocycles. The molecule has 0 spiro atoms. The van der Waals surface area contributed by atoms with Gasteiger partial charge in [-0.1, -0.05) is 17.3 Å². The summed E-state index contributed by atoms with van der Waals surface area (Å²) < 4.78 is 10.9. The molecule has 32 heavy (non-hydrogen) atoms. The van der Waals surface area contributed by atoms with Crippen LogP contribution in [0.15, 0.2) is 65.2 Å². The summed E-state index contributed by atoms with van der Waals surface area (Å²) in [6.07, 6.45) is 0.866. The molecule has 2 unspecified atom stereocenters. The smallest absolute Gasteiger partial charge is 0.258 e. The summed E-state index contributed by atoms with van der Waals surface area (Å²) in [6, 6.07) is 19.5. The molecule has 1 N–H and O–H groups in total. The van der Waals surface area contributed by atoms with Crippen LogP contribution in [0, 0.1) is 12.8 Å². The Morgan fingerprint density at radius 2 is 1.91 bits per heavy atom. The molecule has 1 fully saturated rings. The Labute approximate surface area is 190 Å². The van der Waals surface area contributed by atoms with Crippen LogP contribution >= 0.6 is 11.3 Å². The summed E-state index contributed by atoms with van der Waals surface area (Å²) >= 11 is 1.63. The number of hydrogen-bond donors (Lipinski definition) is 1. The van der Waals surface area contributed by atoms with E-state index in [2.05, 4.69) is 15.5 Å². The summed E-state index contributed by atoms with van der Waals surface area (Å²) in [5.41, 5.74) is 2.75. The molecule has 2 heterocycles. The van der Waals surface area contributed by atoms with Gasteiger partial charge in [-0.2, -0.15) is 4.98 Å². The third kappa shape index (κ3) is 4.29. The Hall–Kier alpha value is -3.45. The van der Waals surface area contributed by atoms with Crippen LogP contribution in [0.25, 0.3) is 22.2 Å². The number of nitrogens with one attached hydrogen (secondary N) is 1. The summed E-state index contributed by atoms with van der Waals surface area (Å²) in [6.45, 7) is 4.66. The van der Waals surface area contributed by atoms with Crippen LogP contribution in [0.5, 0.6) is 5.75 Å². The van der Waals surface area contributed by atoms with Crippen molar-refractivity contribution < 1.29 is 14.1 Å². The second-order valence-corrected chi connectivity index (χ2v) is 9.14. The van der Waals surface area contributed by atoms with E-state index in [4.69, 9.17) is 9.26 Å². The van der Waals surface area contributed by atoms with E-state index in [1.807, 2.05) is 74.5 Å². The number of amides is 1. The molecule has 6 nitrogen and oxygen atoms in total. The third-order valence-corrected chi connectivity index (χ3v) is 6.53. The van der Waals surface area contributed by atoms with Gasteiger partial charge in [0.1, 0.15) is 5.75 Å². The molecule has 1 saturated carbocycles. The van der Waals surface area contributed by atoms with Gasteiger partial charge in [-0.05, 0) is 80.3 Å². The molecule has 1 aliphatic rings. The van der Waals surface area contributed by atoms with Crippen LogP contribution in [0.4, 0.5) is 5.69 Å². The van der Waals surface area contributed by atoms with Crippen LogP contribution in [-0.2, 0) is 4.79 Å². The van der Waals surface area contributed by atoms with Gasteiger partial charge in [0, 0.05) is 22.0 Å². The first-order valence-electron chi connectivity index (χ1n) is 10.7. The monoisotopic (exact) mass is 445 g/mol. The standard InChI is InChI=1S/C25H23N3O3S/c1-3-30-19-11-7-16(8-12-19)20-14-21(20)24(29)26-18-9-5-17(6-10-18)25-27-23(28-31-25)22-13-4-15(2)32-22/h4-13,20-21H,3,14H2,1-2H3,(H,26,29). The third-order valence-electron chi connectivity index (χ3n) is 5.53. The molecule has 2 aromatic carbocycles. The topological polar surface area (TPSA) is 77.2 Å². The van der Waals surface area contributed by atoms with Crippen molar-refractivity contribution in [2.75, 3.05) is 11.9 Å². The molecular formula is C25H23N3O3S. The molecule has 4 aromatic rings. The fourth-order valence-corrected chi connectivity index (χ4v) is 4.55. The number of hydrogen-bond acceptors (Lipinski definition) is 6. The molecule has 2 atom stereocenters. The van der Waals surface area contributed by atoms with Crippen LogP contribution in [0.2, 0.25) is 0 Å². The summed E-state index contributed by atoms with van der Waals surface area (Å²) in [4.78, 5) is 19.3. The summed E-state index contributed by atoms with van der Waals surface area (Å²) in [5.74, 6) is 2.22. The molecule has 1 amide bonds. The number of anilines is 1. The highest BCUT2D eigenvalue weighted by Gasteiger charge is 2.43. The van der Waals surface area contributed by atoms with Crippen molar-refractivity contribution in [3.05, 3.63) is 71.1 Å². The van der Waals surface area contributed by atoms with Crippen LogP contribution < -0.4 is 10.1 Å². The first kappa shape index (κ1) is 20.5. The number of aryl methyl sites for hydroxylation is 1. The van der Waals surface area contributed by atoms with E-state index in [1.165, 1.54) is 10.4 Å². The van der Waals surface area contributed by atoms with Gasteiger partial charge in [-0.25, -0.2) is 0 Å². The van der Waals surface area contributed by atoms with Crippen LogP contribution in [-0.4, -0.2) is 22.7 Å². The molecule has 0 aliphatic heterocycles. The lowest BCUT2D eigenvalue weighted by Gasteiger charge is -2.06. The Kier molecular flexibility index (Phi) is 5.49. The van der Waals surface area contributed by atoms with Gasteiger partial charge in [0.05, 0.1) is 11.5 Å². The van der Waals surface area contributed by atoms with E-state index in [1.54, 1.807) is 11.3 Å². The first-order chi connectivity index (χ1) is 15.6. The zero-order chi connectivity index (χ0) is 22.1. The maximum absolute atomic E-state index is 12.7. The predicted octanol–water partition coefficient (Wildman–Crippen LogP) is 5.91. The van der Waals surface area contributed by atoms with Gasteiger partial charge in [0.2, 0.25) is 11.7 Å². The highest BCUT2D eigenvalue weighted by molar-refractivity contribution is 7.15. The minimum atomic E-state index is 0.000344. The Morgan fingerprint density at radius 1 is 1.12 bits per heavy atom. The number of aromatic nitrogens is 2. The molecule has 162 valence electrons. The van der Waals surface area contributed by atoms with Gasteiger partial charge in [0.25, 0.3) is 5.89 Å². The minimum absolute atomic E-state index is 0.000344. The highest BCUT2D eigenvalue weighted by atomic mass is 32.1. The number of rotatable bonds is 7. The van der Waals surface area contributed by atoms with Crippen molar-refractivity contribution >= 4 is 22.9 Å². The maximum Gasteiger partial charge on any atom is 0.258 e. The Morgan fingerprint density at radius 3 is 2.59 bits per heavy atom. The van der Waals surface area contributed by atoms with E-state index in [0.717, 1.165) is 28.3 Å². The van der Waals surface area contributed by atoms with Crippen molar-refractivity contribution in [1.29, 1.82) is 0 Å². The van der Waals surface area contributed by atoms with E-state index in [0.29, 0.717) is 18.3 Å². The number of benzene rings is 2. The lowest BCUT2D eigenvalue weighted by Crippen LogP contribution is -2.14. The molecular weight excluding hydrogens is 422 g/mol. The van der Waals surface area contributed by atoms with Gasteiger partial charge in [0.15, 0.2) is 0 Å². The number of carbonyl (C=O) groups is 1. The zero-order valence-electron chi connectivity index (χ0n) is 17.9. The normalized spacial score (nSPS) is 17.2. The van der Waals surface area contributed by atoms with Gasteiger partial charge in [-0.3, -0.25) is 4.79 Å². The molecule has 0 bridgehead atoms. The van der Waals surface area contributed by atoms with Gasteiger partial charge in [-0.15, -0.1) is 11.3 Å². The first-order valence-corrected chi connectivity index (χ1v) is 11.5. The van der Waals surface area contributed by atoms with E-state index >= 15 is 0 Å². The van der Waals surface area contributed by atoms with Crippen LogP contribution in [0.3, 0.4) is 0 Å². The Balaban J connectivity index is 1.20. The lowest BCUT2D eigenvalue weighted by molar-refractivity contribution is -0.117. The van der Waals surface area contributed by atoms with Crippen molar-refractivity contribution in [2.45, 2.75) is 26.2 Å². The van der Waals surface area contributed by atoms with Crippen molar-refractivity contribution in [3.63, 3.8) is 0 Å². The number of nitrogens with zero attached hydrogens (tertiary/aromatic N) is 2. The average Bonchev–Trinajstić information content (AvgIpc) is 3.24. The van der Waals surface area contributed by atoms with E-state index in [9.17, 15) is 4.79 Å². The quantitative estimate of drug-likeness (QED) is 0.382. The second kappa shape index (κ2) is 8.59. The number of thiophene rings is 1. The molecule has 5 rings (SSSR count). The molecule has 1 aliphatic carbocycles. The average molecular weight is 446 g/mol. The van der Waals surface area contributed by atoms with Crippen molar-refractivity contribution in [1.82, 2.24) is 10.1 Å². The van der Waals surface area contributed by atoms with Crippen molar-refractivity contribution in [2.24, 2.45) is 5.92 Å². The number of carbonyl (C=O) groups excluding carboxylic acids is 1. The molecule has 7 heteroatoms. The van der Waals surface area contributed by atoms with Crippen molar-refractivity contribution in [3.8, 4) is 27.9 Å². The van der Waals surface area contributed by atoms with Gasteiger partial charge >= 0.3 is 0 Å². The zero-order valence-corrected chi connectivity index (χ0v) is 18.7. The summed E-state index contributed by atoms with van der Waals surface area (Å²) in [5, 5.41) is 7.10. The van der Waals surface area contributed by atoms with E-state index in [-0.39, 0.29) is 17.7 Å². The van der Waals surface area contributed by atoms with Gasteiger partial charge < -0.3 is 14.6 Å². The Bertz CT molecular complexity index is 1230. The van der Waals surface area contributed by atoms with Crippen LogP contribution in [0.1, 0.15) is 29.7 Å². The SMILES string of the molecule is CCOc1ccc(C2CC2C(=O)Nc2ccc(-c3nc(-c4ccc(C)s4)no3)cc2)cc1. The summed E-state index contributed by atoms with van der Waals surface area (Å²) in [7, 11) is 0. The maximum atomic E-state index is 12.7. The largest absolute Gasteiger partial charge is 0.494 e. The lowest BCUT2D eigenvalue weighted by atomic mass is 10.1. The molecule has 0 radical (unpaired) electrons. The minimum Gasteiger partial charge on any atom is -0.494 e. The predicted molar refractivity (Wildman–Crippen MR) is 125 cm³/mol. The highest BCUT2D eigenvalue weighted by Crippen LogP contribution is 2.48. The number of ether oxygens (including phenoxy) is 1. The van der Waals surface area contributed by atoms with E-state index < -0.39 is 0 Å². The molecule has 2 aromatic heterocycles. The fourth-order valence-electron chi connectivity index (χ4n) is 3.76. The fraction of sp³-hybridized carbons (Fsp3) is 0.240.